The molecule has 0 saturated heterocycles. The summed E-state index contributed by atoms with van der Waals surface area (Å²) < 4.78 is 4.96. The summed E-state index contributed by atoms with van der Waals surface area (Å²) >= 11 is 1.66. The quantitative estimate of drug-likeness (QED) is 0.547. The Labute approximate surface area is 144 Å². The van der Waals surface area contributed by atoms with Crippen molar-refractivity contribution in [2.45, 2.75) is 29.2 Å². The van der Waals surface area contributed by atoms with E-state index in [1.165, 1.54) is 0 Å². The molecule has 5 nitrogen and oxygen atoms in total. The molecule has 0 saturated carbocycles. The largest absolute Gasteiger partial charge is 0.460 e. The maximum atomic E-state index is 11.3. The van der Waals surface area contributed by atoms with E-state index in [0.717, 1.165) is 27.0 Å². The highest BCUT2D eigenvalue weighted by atomic mass is 32.2. The van der Waals surface area contributed by atoms with Crippen LogP contribution in [0.4, 0.5) is 11.5 Å². The Morgan fingerprint density at radius 1 is 1.33 bits per heavy atom. The van der Waals surface area contributed by atoms with Crippen LogP contribution < -0.4 is 5.32 Å². The molecule has 0 amide bonds. The average Bonchev–Trinajstić information content (AvgIpc) is 2.57. The fourth-order valence-corrected chi connectivity index (χ4v) is 3.21. The number of pyridine rings is 1. The first-order valence-corrected chi connectivity index (χ1v) is 8.39. The summed E-state index contributed by atoms with van der Waals surface area (Å²) in [5, 5.41) is 13.3. The second kappa shape index (κ2) is 7.07. The predicted molar refractivity (Wildman–Crippen MR) is 93.6 cm³/mol. The first kappa shape index (κ1) is 16.5. The van der Waals surface area contributed by atoms with E-state index in [1.807, 2.05) is 30.3 Å². The Hall–Kier alpha value is -2.31. The van der Waals surface area contributed by atoms with Crippen molar-refractivity contribution in [1.82, 2.24) is 4.98 Å². The molecule has 1 aliphatic rings. The molecule has 0 fully saturated rings. The number of anilines is 2. The number of hydrogen-bond acceptors (Lipinski definition) is 6. The van der Waals surface area contributed by atoms with E-state index in [4.69, 9.17) is 4.74 Å². The van der Waals surface area contributed by atoms with Crippen LogP contribution in [0, 0.1) is 0 Å². The highest BCUT2D eigenvalue weighted by molar-refractivity contribution is 7.99. The van der Waals surface area contributed by atoms with Gasteiger partial charge < -0.3 is 15.2 Å². The predicted octanol–water partition coefficient (Wildman–Crippen LogP) is 3.31. The van der Waals surface area contributed by atoms with Crippen LogP contribution in [0.25, 0.3) is 0 Å². The Bertz CT molecular complexity index is 792. The molecule has 1 unspecified atom stereocenters. The fraction of sp³-hybridized carbons (Fsp3) is 0.222. The van der Waals surface area contributed by atoms with Crippen molar-refractivity contribution in [3.8, 4) is 0 Å². The second-order valence-corrected chi connectivity index (χ2v) is 6.69. The Kier molecular flexibility index (Phi) is 4.87. The van der Waals surface area contributed by atoms with Gasteiger partial charge in [-0.3, -0.25) is 0 Å². The number of rotatable bonds is 5. The number of benzene rings is 1. The molecule has 0 radical (unpaired) electrons. The SMILES string of the molecule is C=C(C)C(=O)OCC(O)Cc1ccc2c(n1)Nc1ccccc1S2. The second-order valence-electron chi connectivity index (χ2n) is 5.61. The molecule has 1 aliphatic heterocycles. The number of nitrogens with one attached hydrogen (secondary N) is 1. The highest BCUT2D eigenvalue weighted by Crippen LogP contribution is 2.42. The zero-order valence-corrected chi connectivity index (χ0v) is 14.1. The summed E-state index contributed by atoms with van der Waals surface area (Å²) in [7, 11) is 0. The summed E-state index contributed by atoms with van der Waals surface area (Å²) in [5.41, 5.74) is 2.07. The first-order chi connectivity index (χ1) is 11.5. The van der Waals surface area contributed by atoms with Gasteiger partial charge in [0.05, 0.1) is 16.7 Å². The van der Waals surface area contributed by atoms with Gasteiger partial charge in [0.15, 0.2) is 0 Å². The average molecular weight is 342 g/mol. The molecule has 1 aromatic carbocycles. The smallest absolute Gasteiger partial charge is 0.333 e. The van der Waals surface area contributed by atoms with Gasteiger partial charge in [0.1, 0.15) is 12.4 Å². The Balaban J connectivity index is 1.65. The number of ether oxygens (including phenoxy) is 1. The number of aliphatic hydroxyl groups excluding tert-OH is 1. The minimum atomic E-state index is -0.803. The van der Waals surface area contributed by atoms with E-state index < -0.39 is 12.1 Å². The number of hydrogen-bond donors (Lipinski definition) is 2. The van der Waals surface area contributed by atoms with E-state index in [0.29, 0.717) is 12.0 Å². The monoisotopic (exact) mass is 342 g/mol. The number of para-hydroxylation sites is 1. The van der Waals surface area contributed by atoms with Gasteiger partial charge in [-0.05, 0) is 31.2 Å². The van der Waals surface area contributed by atoms with Crippen molar-refractivity contribution in [2.24, 2.45) is 0 Å². The number of aromatic nitrogens is 1. The lowest BCUT2D eigenvalue weighted by Crippen LogP contribution is -2.21. The molecule has 124 valence electrons. The number of fused-ring (bicyclic) bond motifs is 2. The molecular formula is C18H18N2O3S. The number of carbonyl (C=O) groups is 1. The number of aliphatic hydroxyl groups is 1. The van der Waals surface area contributed by atoms with Crippen molar-refractivity contribution in [3.63, 3.8) is 0 Å². The van der Waals surface area contributed by atoms with Gasteiger partial charge in [-0.25, -0.2) is 9.78 Å². The van der Waals surface area contributed by atoms with Crippen LogP contribution in [0.15, 0.2) is 58.3 Å². The van der Waals surface area contributed by atoms with Crippen LogP contribution in [-0.4, -0.2) is 28.8 Å². The minimum Gasteiger partial charge on any atom is -0.460 e. The van der Waals surface area contributed by atoms with Crippen LogP contribution in [-0.2, 0) is 16.0 Å². The molecule has 0 spiro atoms. The maximum absolute atomic E-state index is 11.3. The molecule has 2 aromatic rings. The lowest BCUT2D eigenvalue weighted by molar-refractivity contribution is -0.141. The highest BCUT2D eigenvalue weighted by Gasteiger charge is 2.18. The molecule has 6 heteroatoms. The van der Waals surface area contributed by atoms with Gasteiger partial charge in [0.2, 0.25) is 0 Å². The van der Waals surface area contributed by atoms with Gasteiger partial charge in [-0.1, -0.05) is 30.5 Å². The van der Waals surface area contributed by atoms with E-state index in [1.54, 1.807) is 18.7 Å². The van der Waals surface area contributed by atoms with Gasteiger partial charge in [-0.2, -0.15) is 0 Å². The molecule has 2 heterocycles. The van der Waals surface area contributed by atoms with Crippen LogP contribution in [0.5, 0.6) is 0 Å². The zero-order chi connectivity index (χ0) is 17.1. The van der Waals surface area contributed by atoms with Crippen LogP contribution in [0.3, 0.4) is 0 Å². The lowest BCUT2D eigenvalue weighted by atomic mass is 10.2. The van der Waals surface area contributed by atoms with Crippen molar-refractivity contribution < 1.29 is 14.6 Å². The molecule has 1 atom stereocenters. The van der Waals surface area contributed by atoms with Crippen molar-refractivity contribution in [1.29, 1.82) is 0 Å². The number of carbonyl (C=O) groups excluding carboxylic acids is 1. The van der Waals surface area contributed by atoms with Crippen LogP contribution in [0.1, 0.15) is 12.6 Å². The van der Waals surface area contributed by atoms with Crippen LogP contribution in [0.2, 0.25) is 0 Å². The van der Waals surface area contributed by atoms with E-state index in [9.17, 15) is 9.90 Å². The van der Waals surface area contributed by atoms with E-state index in [-0.39, 0.29) is 6.61 Å². The third kappa shape index (κ3) is 3.77. The summed E-state index contributed by atoms with van der Waals surface area (Å²) in [6.45, 7) is 5.00. The van der Waals surface area contributed by atoms with Crippen LogP contribution >= 0.6 is 11.8 Å². The molecule has 1 aromatic heterocycles. The maximum Gasteiger partial charge on any atom is 0.333 e. The van der Waals surface area contributed by atoms with Crippen molar-refractivity contribution >= 4 is 29.2 Å². The number of esters is 1. The van der Waals surface area contributed by atoms with E-state index >= 15 is 0 Å². The Morgan fingerprint density at radius 2 is 2.12 bits per heavy atom. The third-order valence-corrected chi connectivity index (χ3v) is 4.60. The third-order valence-electron chi connectivity index (χ3n) is 3.48. The zero-order valence-electron chi connectivity index (χ0n) is 13.3. The molecular weight excluding hydrogens is 324 g/mol. The fourth-order valence-electron chi connectivity index (χ4n) is 2.27. The minimum absolute atomic E-state index is 0.0739. The summed E-state index contributed by atoms with van der Waals surface area (Å²) in [6.07, 6.45) is -0.493. The lowest BCUT2D eigenvalue weighted by Gasteiger charge is -2.20. The molecule has 3 rings (SSSR count). The molecule has 0 bridgehead atoms. The molecule has 2 N–H and O–H groups in total. The summed E-state index contributed by atoms with van der Waals surface area (Å²) in [6, 6.07) is 11.9. The van der Waals surface area contributed by atoms with Gasteiger partial charge in [-0.15, -0.1) is 0 Å². The Morgan fingerprint density at radius 3 is 2.92 bits per heavy atom. The van der Waals surface area contributed by atoms with Gasteiger partial charge >= 0.3 is 5.97 Å². The first-order valence-electron chi connectivity index (χ1n) is 7.57. The number of nitrogens with zero attached hydrogens (tertiary/aromatic N) is 1. The van der Waals surface area contributed by atoms with Crippen molar-refractivity contribution in [3.05, 3.63) is 54.2 Å². The van der Waals surface area contributed by atoms with E-state index in [2.05, 4.69) is 22.9 Å². The summed E-state index contributed by atoms with van der Waals surface area (Å²) in [5.74, 6) is 0.282. The standard InChI is InChI=1S/C18H18N2O3S/c1-11(2)18(22)23-10-13(21)9-12-7-8-16-17(19-12)20-14-5-3-4-6-15(14)24-16/h3-8,13,21H,1,9-10H2,2H3,(H,19,20). The summed E-state index contributed by atoms with van der Waals surface area (Å²) in [4.78, 5) is 18.1. The molecule has 24 heavy (non-hydrogen) atoms. The molecule has 0 aliphatic carbocycles. The normalized spacial score (nSPS) is 13.2. The van der Waals surface area contributed by atoms with Gasteiger partial charge in [0.25, 0.3) is 0 Å². The van der Waals surface area contributed by atoms with Gasteiger partial charge in [0, 0.05) is 22.6 Å². The van der Waals surface area contributed by atoms with Crippen molar-refractivity contribution in [2.75, 3.05) is 11.9 Å². The topological polar surface area (TPSA) is 71.5 Å².